The predicted octanol–water partition coefficient (Wildman–Crippen LogP) is 2.16. The summed E-state index contributed by atoms with van der Waals surface area (Å²) in [5.41, 5.74) is 2.81. The normalized spacial score (nSPS) is 12.7. The third-order valence-corrected chi connectivity index (χ3v) is 1.71. The van der Waals surface area contributed by atoms with Gasteiger partial charge in [0.05, 0.1) is 17.8 Å². The largest absolute Gasteiger partial charge is 0.324 e. The number of rotatable bonds is 0. The molecular formula is C10H16N2O. The van der Waals surface area contributed by atoms with Crippen LogP contribution in [-0.2, 0) is 11.2 Å². The molecule has 0 saturated carbocycles. The van der Waals surface area contributed by atoms with Crippen LogP contribution < -0.4 is 5.32 Å². The van der Waals surface area contributed by atoms with Gasteiger partial charge >= 0.3 is 0 Å². The van der Waals surface area contributed by atoms with E-state index >= 15 is 0 Å². The van der Waals surface area contributed by atoms with Gasteiger partial charge in [-0.3, -0.25) is 9.78 Å². The first-order chi connectivity index (χ1) is 6.25. The molecule has 2 rings (SSSR count). The standard InChI is InChI=1S/C8H8N2O.C2H6.H2/c1-5-2-7-6(9-4-5)3-8(11)10-7;1-2;/h2,4H,3H2,1H3,(H,10,11);1-2H3;1H. The van der Waals surface area contributed by atoms with E-state index in [1.165, 1.54) is 0 Å². The van der Waals surface area contributed by atoms with Gasteiger partial charge in [-0.15, -0.1) is 0 Å². The second kappa shape index (κ2) is 4.03. The lowest BCUT2D eigenvalue weighted by atomic mass is 10.2. The van der Waals surface area contributed by atoms with Crippen molar-refractivity contribution in [2.24, 2.45) is 0 Å². The molecule has 1 aromatic heterocycles. The van der Waals surface area contributed by atoms with Gasteiger partial charge in [-0.25, -0.2) is 0 Å². The summed E-state index contributed by atoms with van der Waals surface area (Å²) < 4.78 is 0. The Balaban J connectivity index is 0.000000531. The molecule has 1 amide bonds. The molecule has 0 unspecified atom stereocenters. The Labute approximate surface area is 79.7 Å². The Kier molecular flexibility index (Phi) is 3.01. The lowest BCUT2D eigenvalue weighted by Gasteiger charge is -1.96. The number of pyridine rings is 1. The smallest absolute Gasteiger partial charge is 0.230 e. The lowest BCUT2D eigenvalue weighted by Crippen LogP contribution is -2.03. The number of carbonyl (C=O) groups excluding carboxylic acids is 1. The predicted molar refractivity (Wildman–Crippen MR) is 54.8 cm³/mol. The number of hydrogen-bond donors (Lipinski definition) is 1. The van der Waals surface area contributed by atoms with E-state index in [1.54, 1.807) is 6.20 Å². The number of anilines is 1. The minimum Gasteiger partial charge on any atom is -0.324 e. The molecule has 1 aromatic rings. The fourth-order valence-electron chi connectivity index (χ4n) is 1.19. The highest BCUT2D eigenvalue weighted by Gasteiger charge is 2.17. The quantitative estimate of drug-likeness (QED) is 0.664. The van der Waals surface area contributed by atoms with Crippen molar-refractivity contribution in [3.63, 3.8) is 0 Å². The molecule has 0 radical (unpaired) electrons. The molecule has 13 heavy (non-hydrogen) atoms. The second-order valence-electron chi connectivity index (χ2n) is 2.73. The third kappa shape index (κ3) is 2.05. The van der Waals surface area contributed by atoms with Crippen molar-refractivity contribution < 1.29 is 6.22 Å². The van der Waals surface area contributed by atoms with Gasteiger partial charge in [0.15, 0.2) is 0 Å². The maximum Gasteiger partial charge on any atom is 0.230 e. The van der Waals surface area contributed by atoms with Gasteiger partial charge in [0.25, 0.3) is 0 Å². The zero-order valence-corrected chi connectivity index (χ0v) is 8.22. The molecule has 0 bridgehead atoms. The fourth-order valence-corrected chi connectivity index (χ4v) is 1.19. The molecule has 1 aliphatic heterocycles. The van der Waals surface area contributed by atoms with Crippen LogP contribution in [0.5, 0.6) is 0 Å². The summed E-state index contributed by atoms with van der Waals surface area (Å²) in [6.45, 7) is 5.96. The highest BCUT2D eigenvalue weighted by Crippen LogP contribution is 2.20. The summed E-state index contributed by atoms with van der Waals surface area (Å²) in [5.74, 6) is 0.0399. The average molecular weight is 180 g/mol. The van der Waals surface area contributed by atoms with Gasteiger partial charge in [-0.1, -0.05) is 13.8 Å². The molecule has 1 N–H and O–H groups in total. The Morgan fingerprint density at radius 2 is 2.23 bits per heavy atom. The summed E-state index contributed by atoms with van der Waals surface area (Å²) in [6, 6.07) is 1.94. The number of amides is 1. The molecular weight excluding hydrogens is 164 g/mol. The first kappa shape index (κ1) is 9.71. The molecule has 0 aliphatic carbocycles. The van der Waals surface area contributed by atoms with Gasteiger partial charge in [-0.05, 0) is 18.6 Å². The Bertz CT molecular complexity index is 326. The number of nitrogens with one attached hydrogen (secondary N) is 1. The van der Waals surface area contributed by atoms with E-state index < -0.39 is 0 Å². The van der Waals surface area contributed by atoms with Crippen molar-refractivity contribution >= 4 is 11.6 Å². The van der Waals surface area contributed by atoms with Crippen LogP contribution in [0.25, 0.3) is 0 Å². The van der Waals surface area contributed by atoms with Crippen LogP contribution in [-0.4, -0.2) is 10.9 Å². The molecule has 0 aromatic carbocycles. The van der Waals surface area contributed by atoms with E-state index in [1.807, 2.05) is 26.8 Å². The number of aromatic nitrogens is 1. The van der Waals surface area contributed by atoms with Crippen LogP contribution in [0.2, 0.25) is 0 Å². The molecule has 0 fully saturated rings. The summed E-state index contributed by atoms with van der Waals surface area (Å²) in [4.78, 5) is 15.0. The maximum absolute atomic E-state index is 10.9. The van der Waals surface area contributed by atoms with Crippen LogP contribution >= 0.6 is 0 Å². The van der Waals surface area contributed by atoms with Crippen molar-refractivity contribution in [2.45, 2.75) is 27.2 Å². The number of fused-ring (bicyclic) bond motifs is 1. The van der Waals surface area contributed by atoms with E-state index in [9.17, 15) is 4.79 Å². The maximum atomic E-state index is 10.9. The minimum atomic E-state index is 0. The van der Waals surface area contributed by atoms with Gasteiger partial charge in [0.2, 0.25) is 5.91 Å². The molecule has 2 heterocycles. The van der Waals surface area contributed by atoms with E-state index in [0.717, 1.165) is 16.9 Å². The molecule has 3 nitrogen and oxygen atoms in total. The number of nitrogens with zero attached hydrogens (tertiary/aromatic N) is 1. The topological polar surface area (TPSA) is 42.0 Å². The van der Waals surface area contributed by atoms with Crippen LogP contribution in [0, 0.1) is 6.92 Å². The number of hydrogen-bond acceptors (Lipinski definition) is 2. The highest BCUT2D eigenvalue weighted by atomic mass is 16.1. The third-order valence-electron chi connectivity index (χ3n) is 1.71. The summed E-state index contributed by atoms with van der Waals surface area (Å²) >= 11 is 0. The van der Waals surface area contributed by atoms with Crippen LogP contribution in [0.3, 0.4) is 0 Å². The minimum absolute atomic E-state index is 0. The summed E-state index contributed by atoms with van der Waals surface area (Å²) in [5, 5.41) is 2.74. The van der Waals surface area contributed by atoms with Crippen LogP contribution in [0.15, 0.2) is 12.3 Å². The highest BCUT2D eigenvalue weighted by molar-refractivity contribution is 5.98. The zero-order valence-electron chi connectivity index (χ0n) is 8.22. The van der Waals surface area contributed by atoms with Crippen molar-refractivity contribution in [2.75, 3.05) is 5.32 Å². The summed E-state index contributed by atoms with van der Waals surface area (Å²) in [7, 11) is 0. The molecule has 0 spiro atoms. The van der Waals surface area contributed by atoms with Gasteiger partial charge in [0, 0.05) is 7.62 Å². The van der Waals surface area contributed by atoms with E-state index in [0.29, 0.717) is 6.42 Å². The molecule has 72 valence electrons. The zero-order chi connectivity index (χ0) is 9.84. The van der Waals surface area contributed by atoms with E-state index in [2.05, 4.69) is 10.3 Å². The van der Waals surface area contributed by atoms with Gasteiger partial charge < -0.3 is 5.32 Å². The average Bonchev–Trinajstić information content (AvgIpc) is 2.48. The first-order valence-corrected chi connectivity index (χ1v) is 4.51. The Morgan fingerprint density at radius 3 is 2.92 bits per heavy atom. The van der Waals surface area contributed by atoms with Crippen molar-refractivity contribution in [1.82, 2.24) is 4.98 Å². The van der Waals surface area contributed by atoms with Crippen LogP contribution in [0.1, 0.15) is 26.5 Å². The number of aryl methyl sites for hydroxylation is 1. The van der Waals surface area contributed by atoms with E-state index in [-0.39, 0.29) is 7.33 Å². The van der Waals surface area contributed by atoms with E-state index in [4.69, 9.17) is 0 Å². The Hall–Kier alpha value is -1.38. The first-order valence-electron chi connectivity index (χ1n) is 4.51. The van der Waals surface area contributed by atoms with Gasteiger partial charge in [-0.2, -0.15) is 0 Å². The number of carbonyl (C=O) groups is 1. The van der Waals surface area contributed by atoms with Crippen molar-refractivity contribution in [3.05, 3.63) is 23.5 Å². The summed E-state index contributed by atoms with van der Waals surface area (Å²) in [6.07, 6.45) is 2.20. The fraction of sp³-hybridized carbons (Fsp3) is 0.400. The monoisotopic (exact) mass is 180 g/mol. The van der Waals surface area contributed by atoms with Crippen molar-refractivity contribution in [1.29, 1.82) is 0 Å². The molecule has 3 heteroatoms. The van der Waals surface area contributed by atoms with Crippen molar-refractivity contribution in [3.8, 4) is 0 Å². The SMILES string of the molecule is CC.Cc1cnc2c(c1)NC(=O)C2.[HH]. The lowest BCUT2D eigenvalue weighted by molar-refractivity contribution is -0.115. The van der Waals surface area contributed by atoms with Crippen LogP contribution in [0.4, 0.5) is 5.69 Å². The molecule has 0 saturated heterocycles. The van der Waals surface area contributed by atoms with Gasteiger partial charge in [0.1, 0.15) is 0 Å². The molecule has 1 aliphatic rings. The Morgan fingerprint density at radius 1 is 1.54 bits per heavy atom. The molecule has 0 atom stereocenters. The second-order valence-corrected chi connectivity index (χ2v) is 2.73.